The minimum absolute atomic E-state index is 0.0248. The molecule has 1 N–H and O–H groups in total. The van der Waals surface area contributed by atoms with Gasteiger partial charge in [-0.3, -0.25) is 4.79 Å². The van der Waals surface area contributed by atoms with Crippen LogP contribution in [0, 0.1) is 0 Å². The Morgan fingerprint density at radius 3 is 2.52 bits per heavy atom. The van der Waals surface area contributed by atoms with E-state index in [1.165, 1.54) is 0 Å². The van der Waals surface area contributed by atoms with E-state index in [9.17, 15) is 4.79 Å². The van der Waals surface area contributed by atoms with Gasteiger partial charge in [-0.25, -0.2) is 4.68 Å². The van der Waals surface area contributed by atoms with Crippen LogP contribution in [0.4, 0.5) is 5.69 Å². The van der Waals surface area contributed by atoms with Gasteiger partial charge in [0.1, 0.15) is 0 Å². The summed E-state index contributed by atoms with van der Waals surface area (Å²) in [6, 6.07) is 23.7. The molecule has 3 aromatic carbocycles. The van der Waals surface area contributed by atoms with E-state index in [1.807, 2.05) is 60.8 Å². The van der Waals surface area contributed by atoms with E-state index in [0.717, 1.165) is 27.7 Å². The topological polar surface area (TPSA) is 46.9 Å². The molecular formula is C21H17N3O. The Labute approximate surface area is 145 Å². The fourth-order valence-corrected chi connectivity index (χ4v) is 2.94. The summed E-state index contributed by atoms with van der Waals surface area (Å²) in [5.74, 6) is -0.0248. The summed E-state index contributed by atoms with van der Waals surface area (Å²) in [5, 5.41) is 9.42. The van der Waals surface area contributed by atoms with Crippen molar-refractivity contribution in [1.82, 2.24) is 9.78 Å². The minimum Gasteiger partial charge on any atom is -0.326 e. The average molecular weight is 327 g/mol. The van der Waals surface area contributed by atoms with Gasteiger partial charge in [0.05, 0.1) is 12.1 Å². The van der Waals surface area contributed by atoms with Crippen LogP contribution in [0.2, 0.25) is 0 Å². The Balaban J connectivity index is 1.48. The second-order valence-electron chi connectivity index (χ2n) is 5.86. The van der Waals surface area contributed by atoms with Crippen molar-refractivity contribution >= 4 is 22.4 Å². The van der Waals surface area contributed by atoms with E-state index in [-0.39, 0.29) is 5.91 Å². The molecule has 1 heterocycles. The molecule has 0 fully saturated rings. The predicted molar refractivity (Wildman–Crippen MR) is 99.8 cm³/mol. The van der Waals surface area contributed by atoms with Crippen LogP contribution >= 0.6 is 0 Å². The van der Waals surface area contributed by atoms with Crippen molar-refractivity contribution in [1.29, 1.82) is 0 Å². The minimum atomic E-state index is -0.0248. The van der Waals surface area contributed by atoms with Gasteiger partial charge in [-0.2, -0.15) is 5.10 Å². The number of rotatable bonds is 4. The molecule has 0 radical (unpaired) electrons. The molecule has 0 saturated heterocycles. The molecule has 0 saturated carbocycles. The molecule has 122 valence electrons. The van der Waals surface area contributed by atoms with E-state index in [1.54, 1.807) is 10.9 Å². The van der Waals surface area contributed by atoms with E-state index < -0.39 is 0 Å². The number of nitrogens with zero attached hydrogens (tertiary/aromatic N) is 2. The quantitative estimate of drug-likeness (QED) is 0.610. The van der Waals surface area contributed by atoms with Gasteiger partial charge in [0, 0.05) is 18.1 Å². The van der Waals surface area contributed by atoms with Crippen LogP contribution in [0.25, 0.3) is 16.5 Å². The first kappa shape index (κ1) is 15.1. The van der Waals surface area contributed by atoms with Crippen LogP contribution in [0.5, 0.6) is 0 Å². The molecule has 0 aliphatic carbocycles. The van der Waals surface area contributed by atoms with Gasteiger partial charge in [0.15, 0.2) is 0 Å². The first-order chi connectivity index (χ1) is 12.3. The highest BCUT2D eigenvalue weighted by Crippen LogP contribution is 2.19. The Morgan fingerprint density at radius 2 is 1.72 bits per heavy atom. The number of benzene rings is 3. The van der Waals surface area contributed by atoms with Gasteiger partial charge >= 0.3 is 0 Å². The van der Waals surface area contributed by atoms with E-state index in [4.69, 9.17) is 0 Å². The van der Waals surface area contributed by atoms with Crippen molar-refractivity contribution in [2.24, 2.45) is 0 Å². The zero-order valence-electron chi connectivity index (χ0n) is 13.6. The Morgan fingerprint density at radius 1 is 0.920 bits per heavy atom. The molecule has 25 heavy (non-hydrogen) atoms. The van der Waals surface area contributed by atoms with Crippen LogP contribution in [-0.2, 0) is 11.2 Å². The van der Waals surface area contributed by atoms with Gasteiger partial charge in [0.25, 0.3) is 0 Å². The van der Waals surface area contributed by atoms with Crippen molar-refractivity contribution in [3.8, 4) is 5.69 Å². The highest BCUT2D eigenvalue weighted by molar-refractivity contribution is 5.96. The van der Waals surface area contributed by atoms with Gasteiger partial charge in [-0.05, 0) is 46.7 Å². The maximum absolute atomic E-state index is 12.4. The number of anilines is 1. The van der Waals surface area contributed by atoms with Crippen LogP contribution in [0.15, 0.2) is 85.2 Å². The highest BCUT2D eigenvalue weighted by Gasteiger charge is 2.07. The molecule has 0 unspecified atom stereocenters. The van der Waals surface area contributed by atoms with Crippen LogP contribution in [0.3, 0.4) is 0 Å². The molecule has 0 spiro atoms. The molecule has 4 nitrogen and oxygen atoms in total. The predicted octanol–water partition coefficient (Wildman–Crippen LogP) is 4.21. The summed E-state index contributed by atoms with van der Waals surface area (Å²) in [6.45, 7) is 0. The summed E-state index contributed by atoms with van der Waals surface area (Å²) in [4.78, 5) is 12.4. The zero-order valence-corrected chi connectivity index (χ0v) is 13.6. The number of fused-ring (bicyclic) bond motifs is 1. The largest absolute Gasteiger partial charge is 0.326 e. The lowest BCUT2D eigenvalue weighted by Gasteiger charge is -2.09. The summed E-state index contributed by atoms with van der Waals surface area (Å²) >= 11 is 0. The molecule has 4 aromatic rings. The van der Waals surface area contributed by atoms with Crippen LogP contribution < -0.4 is 5.32 Å². The lowest BCUT2D eigenvalue weighted by Crippen LogP contribution is -2.14. The maximum Gasteiger partial charge on any atom is 0.228 e. The number of nitrogens with one attached hydrogen (secondary N) is 1. The highest BCUT2D eigenvalue weighted by atomic mass is 16.1. The second-order valence-corrected chi connectivity index (χ2v) is 5.86. The van der Waals surface area contributed by atoms with Crippen molar-refractivity contribution in [2.75, 3.05) is 5.32 Å². The van der Waals surface area contributed by atoms with Crippen LogP contribution in [-0.4, -0.2) is 15.7 Å². The monoisotopic (exact) mass is 327 g/mol. The molecule has 0 aliphatic rings. The standard InChI is InChI=1S/C21H17N3O/c25-21(15-17-7-3-6-16-5-1-2-8-20(16)17)23-18-9-11-19(12-10-18)24-14-4-13-22-24/h1-14H,15H2,(H,23,25). The van der Waals surface area contributed by atoms with Crippen molar-refractivity contribution < 1.29 is 4.79 Å². The summed E-state index contributed by atoms with van der Waals surface area (Å²) in [5.41, 5.74) is 2.77. The molecule has 4 heteroatoms. The molecule has 1 aromatic heterocycles. The van der Waals surface area contributed by atoms with Crippen molar-refractivity contribution in [3.63, 3.8) is 0 Å². The van der Waals surface area contributed by atoms with E-state index in [0.29, 0.717) is 6.42 Å². The molecular weight excluding hydrogens is 310 g/mol. The number of aromatic nitrogens is 2. The van der Waals surface area contributed by atoms with Gasteiger partial charge in [-0.15, -0.1) is 0 Å². The Hall–Kier alpha value is -3.40. The zero-order chi connectivity index (χ0) is 17.1. The smallest absolute Gasteiger partial charge is 0.228 e. The fourth-order valence-electron chi connectivity index (χ4n) is 2.94. The van der Waals surface area contributed by atoms with Gasteiger partial charge in [0.2, 0.25) is 5.91 Å². The Kier molecular flexibility index (Phi) is 4.01. The first-order valence-electron chi connectivity index (χ1n) is 8.16. The number of amides is 1. The van der Waals surface area contributed by atoms with Crippen LogP contribution in [0.1, 0.15) is 5.56 Å². The summed E-state index contributed by atoms with van der Waals surface area (Å²) in [6.07, 6.45) is 3.97. The first-order valence-corrected chi connectivity index (χ1v) is 8.16. The number of carbonyl (C=O) groups is 1. The average Bonchev–Trinajstić information content (AvgIpc) is 3.17. The molecule has 4 rings (SSSR count). The molecule has 0 bridgehead atoms. The molecule has 0 aliphatic heterocycles. The van der Waals surface area contributed by atoms with Crippen molar-refractivity contribution in [2.45, 2.75) is 6.42 Å². The maximum atomic E-state index is 12.4. The number of carbonyl (C=O) groups excluding carboxylic acids is 1. The van der Waals surface area contributed by atoms with Crippen molar-refractivity contribution in [3.05, 3.63) is 90.8 Å². The van der Waals surface area contributed by atoms with Gasteiger partial charge in [-0.1, -0.05) is 42.5 Å². The second kappa shape index (κ2) is 6.61. The molecule has 0 atom stereocenters. The third-order valence-corrected chi connectivity index (χ3v) is 4.15. The van der Waals surface area contributed by atoms with E-state index >= 15 is 0 Å². The lowest BCUT2D eigenvalue weighted by atomic mass is 10.0. The summed E-state index contributed by atoms with van der Waals surface area (Å²) in [7, 11) is 0. The van der Waals surface area contributed by atoms with E-state index in [2.05, 4.69) is 28.6 Å². The number of hydrogen-bond acceptors (Lipinski definition) is 2. The SMILES string of the molecule is O=C(Cc1cccc2ccccc12)Nc1ccc(-n2cccn2)cc1. The summed E-state index contributed by atoms with van der Waals surface area (Å²) < 4.78 is 1.78. The molecule has 1 amide bonds. The van der Waals surface area contributed by atoms with Gasteiger partial charge < -0.3 is 5.32 Å². The fraction of sp³-hybridized carbons (Fsp3) is 0.0476. The third-order valence-electron chi connectivity index (χ3n) is 4.15. The normalized spacial score (nSPS) is 10.7. The third kappa shape index (κ3) is 3.28. The number of hydrogen-bond donors (Lipinski definition) is 1. The lowest BCUT2D eigenvalue weighted by molar-refractivity contribution is -0.115. The Bertz CT molecular complexity index is 1000.